The highest BCUT2D eigenvalue weighted by Gasteiger charge is 2.22. The molecular weight excluding hydrogens is 354 g/mol. The van der Waals surface area contributed by atoms with Gasteiger partial charge in [-0.05, 0) is 50.1 Å². The van der Waals surface area contributed by atoms with Gasteiger partial charge in [0.25, 0.3) is 0 Å². The number of halogens is 2. The van der Waals surface area contributed by atoms with Gasteiger partial charge in [-0.25, -0.2) is 0 Å². The highest BCUT2D eigenvalue weighted by Crippen LogP contribution is 2.20. The highest BCUT2D eigenvalue weighted by atomic mass is 79.9. The number of hydrogen-bond donors (Lipinski definition) is 2. The Morgan fingerprint density at radius 3 is 2.90 bits per heavy atom. The Hall–Kier alpha value is -0.620. The first-order chi connectivity index (χ1) is 9.60. The zero-order valence-corrected chi connectivity index (χ0v) is 14.7. The van der Waals surface area contributed by atoms with Crippen molar-refractivity contribution < 1.29 is 4.79 Å². The summed E-state index contributed by atoms with van der Waals surface area (Å²) in [6.45, 7) is 4.03. The van der Waals surface area contributed by atoms with E-state index in [-0.39, 0.29) is 18.3 Å². The lowest BCUT2D eigenvalue weighted by Crippen LogP contribution is -2.47. The molecule has 1 aromatic rings. The summed E-state index contributed by atoms with van der Waals surface area (Å²) in [6, 6.07) is 6.18. The number of nitrogens with zero attached hydrogens (tertiary/aromatic N) is 1. The van der Waals surface area contributed by atoms with E-state index in [9.17, 15) is 4.79 Å². The molecular formula is C15H23BrClN3O. The van der Waals surface area contributed by atoms with Gasteiger partial charge in [0.05, 0.1) is 6.54 Å². The molecule has 1 heterocycles. The number of nitrogens with two attached hydrogens (primary N) is 1. The Kier molecular flexibility index (Phi) is 7.66. The van der Waals surface area contributed by atoms with Gasteiger partial charge in [-0.3, -0.25) is 9.69 Å². The van der Waals surface area contributed by atoms with Crippen LogP contribution in [0.25, 0.3) is 0 Å². The minimum Gasteiger partial charge on any atom is -0.329 e. The number of hydrogen-bond acceptors (Lipinski definition) is 3. The van der Waals surface area contributed by atoms with Crippen molar-refractivity contribution in [2.75, 3.05) is 25.0 Å². The van der Waals surface area contributed by atoms with Crippen molar-refractivity contribution in [2.24, 2.45) is 5.73 Å². The van der Waals surface area contributed by atoms with Crippen LogP contribution >= 0.6 is 28.3 Å². The summed E-state index contributed by atoms with van der Waals surface area (Å²) in [6.07, 6.45) is 3.47. The van der Waals surface area contributed by atoms with E-state index in [4.69, 9.17) is 5.73 Å². The van der Waals surface area contributed by atoms with Crippen molar-refractivity contribution in [1.29, 1.82) is 0 Å². The minimum atomic E-state index is 0. The molecule has 0 bridgehead atoms. The molecule has 1 saturated heterocycles. The highest BCUT2D eigenvalue weighted by molar-refractivity contribution is 9.10. The van der Waals surface area contributed by atoms with E-state index >= 15 is 0 Å². The van der Waals surface area contributed by atoms with Crippen LogP contribution in [0.2, 0.25) is 0 Å². The summed E-state index contributed by atoms with van der Waals surface area (Å²) in [5.41, 5.74) is 7.74. The molecule has 0 radical (unpaired) electrons. The molecule has 6 heteroatoms. The SMILES string of the molecule is Cc1cc(NC(=O)CN2CCCCC2CN)ccc1Br.Cl. The van der Waals surface area contributed by atoms with Crippen LogP contribution in [0.4, 0.5) is 5.69 Å². The number of rotatable bonds is 4. The maximum Gasteiger partial charge on any atom is 0.238 e. The predicted octanol–water partition coefficient (Wildman–Crippen LogP) is 2.93. The maximum atomic E-state index is 12.1. The van der Waals surface area contributed by atoms with E-state index in [0.717, 1.165) is 35.1 Å². The van der Waals surface area contributed by atoms with E-state index in [2.05, 4.69) is 26.1 Å². The van der Waals surface area contributed by atoms with Crippen LogP contribution in [0.3, 0.4) is 0 Å². The zero-order chi connectivity index (χ0) is 14.5. The Morgan fingerprint density at radius 2 is 2.24 bits per heavy atom. The second kappa shape index (κ2) is 8.73. The van der Waals surface area contributed by atoms with Crippen molar-refractivity contribution in [3.05, 3.63) is 28.2 Å². The summed E-state index contributed by atoms with van der Waals surface area (Å²) in [5.74, 6) is 0.0343. The second-order valence-corrected chi connectivity index (χ2v) is 6.22. The van der Waals surface area contributed by atoms with Crippen LogP contribution in [0.15, 0.2) is 22.7 Å². The molecule has 1 fully saturated rings. The maximum absolute atomic E-state index is 12.1. The molecule has 1 aliphatic rings. The molecule has 2 rings (SSSR count). The molecule has 0 saturated carbocycles. The normalized spacial score (nSPS) is 18.9. The third kappa shape index (κ3) is 5.25. The molecule has 0 aliphatic carbocycles. The first-order valence-electron chi connectivity index (χ1n) is 7.10. The molecule has 3 N–H and O–H groups in total. The van der Waals surface area contributed by atoms with Crippen molar-refractivity contribution >= 4 is 39.9 Å². The van der Waals surface area contributed by atoms with Crippen molar-refractivity contribution in [3.63, 3.8) is 0 Å². The number of aryl methyl sites for hydroxylation is 1. The predicted molar refractivity (Wildman–Crippen MR) is 93.0 cm³/mol. The monoisotopic (exact) mass is 375 g/mol. The lowest BCUT2D eigenvalue weighted by atomic mass is 10.0. The first kappa shape index (κ1) is 18.4. The van der Waals surface area contributed by atoms with Crippen LogP contribution in [-0.2, 0) is 4.79 Å². The minimum absolute atomic E-state index is 0. The number of nitrogens with one attached hydrogen (secondary N) is 1. The van der Waals surface area contributed by atoms with Crippen molar-refractivity contribution in [3.8, 4) is 0 Å². The standard InChI is InChI=1S/C15H22BrN3O.ClH/c1-11-8-12(5-6-14(11)16)18-15(20)10-19-7-3-2-4-13(19)9-17;/h5-6,8,13H,2-4,7,9-10,17H2,1H3,(H,18,20);1H. The van der Waals surface area contributed by atoms with Gasteiger partial charge in [0.2, 0.25) is 5.91 Å². The number of carbonyl (C=O) groups is 1. The number of anilines is 1. The van der Waals surface area contributed by atoms with Gasteiger partial charge < -0.3 is 11.1 Å². The fourth-order valence-corrected chi connectivity index (χ4v) is 2.89. The molecule has 1 aromatic carbocycles. The number of piperidine rings is 1. The number of carbonyl (C=O) groups excluding carboxylic acids is 1. The van der Waals surface area contributed by atoms with Crippen LogP contribution in [0.5, 0.6) is 0 Å². The van der Waals surface area contributed by atoms with E-state index < -0.39 is 0 Å². The quantitative estimate of drug-likeness (QED) is 0.849. The van der Waals surface area contributed by atoms with Crippen molar-refractivity contribution in [1.82, 2.24) is 4.90 Å². The van der Waals surface area contributed by atoms with E-state index in [1.54, 1.807) is 0 Å². The van der Waals surface area contributed by atoms with E-state index in [1.165, 1.54) is 6.42 Å². The van der Waals surface area contributed by atoms with Gasteiger partial charge in [0.1, 0.15) is 0 Å². The smallest absolute Gasteiger partial charge is 0.238 e. The fourth-order valence-electron chi connectivity index (χ4n) is 2.64. The van der Waals surface area contributed by atoms with Gasteiger partial charge in [-0.1, -0.05) is 22.4 Å². The molecule has 1 amide bonds. The lowest BCUT2D eigenvalue weighted by Gasteiger charge is -2.34. The molecule has 1 atom stereocenters. The van der Waals surface area contributed by atoms with Crippen LogP contribution < -0.4 is 11.1 Å². The topological polar surface area (TPSA) is 58.4 Å². The average Bonchev–Trinajstić information content (AvgIpc) is 2.43. The summed E-state index contributed by atoms with van der Waals surface area (Å²) < 4.78 is 1.05. The van der Waals surface area contributed by atoms with Gasteiger partial charge >= 0.3 is 0 Å². The largest absolute Gasteiger partial charge is 0.329 e. The summed E-state index contributed by atoms with van der Waals surface area (Å²) in [7, 11) is 0. The van der Waals surface area contributed by atoms with Gasteiger partial charge in [-0.2, -0.15) is 0 Å². The molecule has 1 aliphatic heterocycles. The molecule has 21 heavy (non-hydrogen) atoms. The number of amides is 1. The Balaban J connectivity index is 0.00000220. The summed E-state index contributed by atoms with van der Waals surface area (Å²) >= 11 is 3.46. The number of likely N-dealkylation sites (tertiary alicyclic amines) is 1. The van der Waals surface area contributed by atoms with Crippen LogP contribution in [-0.4, -0.2) is 36.5 Å². The fraction of sp³-hybridized carbons (Fsp3) is 0.533. The number of benzene rings is 1. The van der Waals surface area contributed by atoms with E-state index in [1.807, 2.05) is 25.1 Å². The molecule has 4 nitrogen and oxygen atoms in total. The van der Waals surface area contributed by atoms with E-state index in [0.29, 0.717) is 19.1 Å². The third-order valence-electron chi connectivity index (χ3n) is 3.81. The van der Waals surface area contributed by atoms with Gasteiger partial charge in [0.15, 0.2) is 0 Å². The Labute approximate surface area is 141 Å². The van der Waals surface area contributed by atoms with Crippen molar-refractivity contribution in [2.45, 2.75) is 32.2 Å². The van der Waals surface area contributed by atoms with Gasteiger partial charge in [0, 0.05) is 22.7 Å². The van der Waals surface area contributed by atoms with Crippen LogP contribution in [0, 0.1) is 6.92 Å². The van der Waals surface area contributed by atoms with Crippen LogP contribution in [0.1, 0.15) is 24.8 Å². The summed E-state index contributed by atoms with van der Waals surface area (Å²) in [4.78, 5) is 14.3. The second-order valence-electron chi connectivity index (χ2n) is 5.37. The average molecular weight is 377 g/mol. The lowest BCUT2D eigenvalue weighted by molar-refractivity contribution is -0.118. The first-order valence-corrected chi connectivity index (χ1v) is 7.89. The van der Waals surface area contributed by atoms with Gasteiger partial charge in [-0.15, -0.1) is 12.4 Å². The summed E-state index contributed by atoms with van der Waals surface area (Å²) in [5, 5.41) is 2.96. The molecule has 0 aromatic heterocycles. The molecule has 118 valence electrons. The Bertz CT molecular complexity index is 484. The zero-order valence-electron chi connectivity index (χ0n) is 12.3. The Morgan fingerprint density at radius 1 is 1.48 bits per heavy atom. The molecule has 0 spiro atoms. The third-order valence-corrected chi connectivity index (χ3v) is 4.70. The molecule has 1 unspecified atom stereocenters.